The van der Waals surface area contributed by atoms with E-state index in [0.29, 0.717) is 11.5 Å². The number of benzene rings is 1. The zero-order chi connectivity index (χ0) is 16.3. The number of carbonyl (C=O) groups is 1. The summed E-state index contributed by atoms with van der Waals surface area (Å²) in [7, 11) is -3.51. The van der Waals surface area contributed by atoms with E-state index in [1.165, 1.54) is 12.1 Å². The van der Waals surface area contributed by atoms with Crippen LogP contribution in [0.4, 0.5) is 0 Å². The molecule has 1 heterocycles. The molecule has 1 aliphatic rings. The third-order valence-electron chi connectivity index (χ3n) is 3.75. The summed E-state index contributed by atoms with van der Waals surface area (Å²) in [5.41, 5.74) is 0.539. The Labute approximate surface area is 132 Å². The van der Waals surface area contributed by atoms with Gasteiger partial charge < -0.3 is 4.90 Å². The van der Waals surface area contributed by atoms with Gasteiger partial charge >= 0.3 is 0 Å². The van der Waals surface area contributed by atoms with Gasteiger partial charge in [-0.05, 0) is 56.9 Å². The van der Waals surface area contributed by atoms with Crippen LogP contribution in [-0.4, -0.2) is 38.4 Å². The first-order valence-corrected chi connectivity index (χ1v) is 9.19. The van der Waals surface area contributed by atoms with E-state index in [2.05, 4.69) is 11.6 Å². The Bertz CT molecular complexity index is 623. The van der Waals surface area contributed by atoms with Gasteiger partial charge in [0.05, 0.1) is 4.90 Å². The van der Waals surface area contributed by atoms with Crippen LogP contribution in [0.5, 0.6) is 0 Å². The van der Waals surface area contributed by atoms with E-state index in [1.807, 2.05) is 4.90 Å². The number of hydrogen-bond donors (Lipinski definition) is 1. The molecule has 0 unspecified atom stereocenters. The zero-order valence-electron chi connectivity index (χ0n) is 13.4. The Morgan fingerprint density at radius 2 is 1.91 bits per heavy atom. The maximum atomic E-state index is 12.4. The summed E-state index contributed by atoms with van der Waals surface area (Å²) in [6, 6.07) is 6.00. The van der Waals surface area contributed by atoms with Crippen LogP contribution in [0.2, 0.25) is 0 Å². The number of hydrogen-bond acceptors (Lipinski definition) is 3. The van der Waals surface area contributed by atoms with Crippen LogP contribution in [0.25, 0.3) is 0 Å². The van der Waals surface area contributed by atoms with E-state index < -0.39 is 10.0 Å². The summed E-state index contributed by atoms with van der Waals surface area (Å²) >= 11 is 0. The average molecular weight is 324 g/mol. The van der Waals surface area contributed by atoms with E-state index >= 15 is 0 Å². The third-order valence-corrected chi connectivity index (χ3v) is 5.42. The van der Waals surface area contributed by atoms with Crippen LogP contribution in [0.3, 0.4) is 0 Å². The largest absolute Gasteiger partial charge is 0.338 e. The molecule has 1 aliphatic heterocycles. The van der Waals surface area contributed by atoms with Gasteiger partial charge in [-0.3, -0.25) is 4.79 Å². The van der Waals surface area contributed by atoms with Crippen molar-refractivity contribution in [1.29, 1.82) is 0 Å². The highest BCUT2D eigenvalue weighted by Crippen LogP contribution is 2.19. The molecular weight excluding hydrogens is 300 g/mol. The Balaban J connectivity index is 2.13. The minimum Gasteiger partial charge on any atom is -0.338 e. The molecule has 0 aromatic heterocycles. The molecule has 0 spiro atoms. The molecule has 22 heavy (non-hydrogen) atoms. The van der Waals surface area contributed by atoms with Gasteiger partial charge in [0.1, 0.15) is 0 Å². The molecule has 6 heteroatoms. The molecule has 2 rings (SSSR count). The van der Waals surface area contributed by atoms with Gasteiger partial charge in [-0.2, -0.15) is 0 Å². The second-order valence-electron chi connectivity index (χ2n) is 6.30. The molecular formula is C16H24N2O3S. The number of nitrogens with zero attached hydrogens (tertiary/aromatic N) is 1. The third kappa shape index (κ3) is 4.08. The quantitative estimate of drug-likeness (QED) is 0.924. The van der Waals surface area contributed by atoms with Gasteiger partial charge in [-0.15, -0.1) is 0 Å². The Kier molecular flexibility index (Phi) is 5.24. The minimum atomic E-state index is -3.51. The topological polar surface area (TPSA) is 66.5 Å². The predicted molar refractivity (Wildman–Crippen MR) is 86.2 cm³/mol. The molecule has 0 saturated carbocycles. The summed E-state index contributed by atoms with van der Waals surface area (Å²) in [5, 5.41) is 0. The number of sulfonamides is 1. The second kappa shape index (κ2) is 6.79. The van der Waals surface area contributed by atoms with Crippen molar-refractivity contribution in [3.63, 3.8) is 0 Å². The molecule has 1 fully saturated rings. The molecule has 5 nitrogen and oxygen atoms in total. The van der Waals surface area contributed by atoms with Crippen LogP contribution in [0, 0.1) is 5.92 Å². The highest BCUT2D eigenvalue weighted by Gasteiger charge is 2.22. The molecule has 1 N–H and O–H groups in total. The van der Waals surface area contributed by atoms with Gasteiger partial charge in [0.15, 0.2) is 0 Å². The van der Waals surface area contributed by atoms with Crippen molar-refractivity contribution in [2.45, 2.75) is 44.6 Å². The first kappa shape index (κ1) is 17.0. The normalized spacial score (nSPS) is 19.5. The summed E-state index contributed by atoms with van der Waals surface area (Å²) in [6.07, 6.45) is 2.18. The summed E-state index contributed by atoms with van der Waals surface area (Å²) < 4.78 is 26.7. The molecule has 0 bridgehead atoms. The fourth-order valence-corrected chi connectivity index (χ4v) is 3.96. The monoisotopic (exact) mass is 324 g/mol. The summed E-state index contributed by atoms with van der Waals surface area (Å²) in [5.74, 6) is 0.500. The first-order valence-electron chi connectivity index (χ1n) is 7.71. The standard InChI is InChI=1S/C16H24N2O3S/c1-12(2)17-22(20,21)15-8-6-14(7-9-15)16(19)18-10-4-5-13(3)11-18/h6-9,12-13,17H,4-5,10-11H2,1-3H3/t13-/m0/s1. The van der Waals surface area contributed by atoms with Gasteiger partial charge in [-0.1, -0.05) is 6.92 Å². The number of amides is 1. The molecule has 1 aromatic carbocycles. The Morgan fingerprint density at radius 3 is 2.45 bits per heavy atom. The number of nitrogens with one attached hydrogen (secondary N) is 1. The van der Waals surface area contributed by atoms with Crippen molar-refractivity contribution in [2.24, 2.45) is 5.92 Å². The molecule has 1 atom stereocenters. The Morgan fingerprint density at radius 1 is 1.27 bits per heavy atom. The van der Waals surface area contributed by atoms with Gasteiger partial charge in [0.2, 0.25) is 10.0 Å². The van der Waals surface area contributed by atoms with Crippen molar-refractivity contribution in [2.75, 3.05) is 13.1 Å². The highest BCUT2D eigenvalue weighted by molar-refractivity contribution is 7.89. The van der Waals surface area contributed by atoms with E-state index in [0.717, 1.165) is 25.9 Å². The van der Waals surface area contributed by atoms with Gasteiger partial charge in [0.25, 0.3) is 5.91 Å². The fraction of sp³-hybridized carbons (Fsp3) is 0.562. The zero-order valence-corrected chi connectivity index (χ0v) is 14.2. The Hall–Kier alpha value is -1.40. The van der Waals surface area contributed by atoms with Crippen LogP contribution in [-0.2, 0) is 10.0 Å². The minimum absolute atomic E-state index is 0.0210. The van der Waals surface area contributed by atoms with Crippen LogP contribution in [0.1, 0.15) is 44.0 Å². The predicted octanol–water partition coefficient (Wildman–Crippen LogP) is 2.25. The van der Waals surface area contributed by atoms with Crippen molar-refractivity contribution >= 4 is 15.9 Å². The smallest absolute Gasteiger partial charge is 0.253 e. The van der Waals surface area contributed by atoms with E-state index in [1.54, 1.807) is 26.0 Å². The molecule has 1 aromatic rings. The van der Waals surface area contributed by atoms with Crippen molar-refractivity contribution < 1.29 is 13.2 Å². The number of rotatable bonds is 4. The van der Waals surface area contributed by atoms with Crippen LogP contribution < -0.4 is 4.72 Å². The number of carbonyl (C=O) groups excluding carboxylic acids is 1. The average Bonchev–Trinajstić information content (AvgIpc) is 2.45. The van der Waals surface area contributed by atoms with Crippen LogP contribution >= 0.6 is 0 Å². The van der Waals surface area contributed by atoms with E-state index in [4.69, 9.17) is 0 Å². The molecule has 1 amide bonds. The van der Waals surface area contributed by atoms with Crippen molar-refractivity contribution in [3.05, 3.63) is 29.8 Å². The molecule has 0 radical (unpaired) electrons. The van der Waals surface area contributed by atoms with Crippen LogP contribution in [0.15, 0.2) is 29.2 Å². The highest BCUT2D eigenvalue weighted by atomic mass is 32.2. The first-order chi connectivity index (χ1) is 10.3. The maximum Gasteiger partial charge on any atom is 0.253 e. The van der Waals surface area contributed by atoms with E-state index in [-0.39, 0.29) is 16.8 Å². The lowest BCUT2D eigenvalue weighted by atomic mass is 9.99. The molecule has 122 valence electrons. The van der Waals surface area contributed by atoms with Crippen molar-refractivity contribution in [1.82, 2.24) is 9.62 Å². The lowest BCUT2D eigenvalue weighted by molar-refractivity contribution is 0.0683. The second-order valence-corrected chi connectivity index (χ2v) is 8.01. The van der Waals surface area contributed by atoms with Gasteiger partial charge in [0, 0.05) is 24.7 Å². The number of likely N-dealkylation sites (tertiary alicyclic amines) is 1. The molecule has 0 aliphatic carbocycles. The lowest BCUT2D eigenvalue weighted by Gasteiger charge is -2.31. The van der Waals surface area contributed by atoms with Crippen molar-refractivity contribution in [3.8, 4) is 0 Å². The lowest BCUT2D eigenvalue weighted by Crippen LogP contribution is -2.39. The van der Waals surface area contributed by atoms with Gasteiger partial charge in [-0.25, -0.2) is 13.1 Å². The molecule has 1 saturated heterocycles. The fourth-order valence-electron chi connectivity index (χ4n) is 2.71. The SMILES string of the molecule is CC(C)NS(=O)(=O)c1ccc(C(=O)N2CCC[C@H](C)C2)cc1. The van der Waals surface area contributed by atoms with E-state index in [9.17, 15) is 13.2 Å². The number of piperidine rings is 1. The summed E-state index contributed by atoms with van der Waals surface area (Å²) in [4.78, 5) is 14.5. The summed E-state index contributed by atoms with van der Waals surface area (Å²) in [6.45, 7) is 7.23. The maximum absolute atomic E-state index is 12.4.